The molecule has 0 unspecified atom stereocenters. The van der Waals surface area contributed by atoms with Crippen molar-refractivity contribution in [3.8, 4) is 33.4 Å². The van der Waals surface area contributed by atoms with Crippen molar-refractivity contribution in [2.45, 2.75) is 45.4 Å². The van der Waals surface area contributed by atoms with Crippen LogP contribution in [0.4, 0.5) is 17.1 Å². The number of nitrogens with zero attached hydrogens (tertiary/aromatic N) is 1. The number of hydrogen-bond acceptors (Lipinski definition) is 1. The molecule has 0 aromatic heterocycles. The van der Waals surface area contributed by atoms with Crippen LogP contribution in [0.1, 0.15) is 51.3 Å². The highest BCUT2D eigenvalue weighted by Gasteiger charge is 2.36. The molecule has 0 N–H and O–H groups in total. The van der Waals surface area contributed by atoms with Gasteiger partial charge >= 0.3 is 0 Å². The zero-order chi connectivity index (χ0) is 35.6. The topological polar surface area (TPSA) is 3.24 Å². The van der Waals surface area contributed by atoms with E-state index in [1.165, 1.54) is 88.7 Å². The van der Waals surface area contributed by atoms with Crippen LogP contribution in [0.15, 0.2) is 170 Å². The second-order valence-electron chi connectivity index (χ2n) is 15.8. The van der Waals surface area contributed by atoms with E-state index in [-0.39, 0.29) is 10.8 Å². The number of fused-ring (bicyclic) bond motifs is 6. The van der Waals surface area contributed by atoms with E-state index >= 15 is 0 Å². The van der Waals surface area contributed by atoms with Crippen molar-refractivity contribution < 1.29 is 0 Å². The molecule has 0 atom stereocenters. The van der Waals surface area contributed by atoms with Crippen molar-refractivity contribution >= 4 is 38.6 Å². The maximum atomic E-state index is 2.55. The van der Waals surface area contributed by atoms with Gasteiger partial charge < -0.3 is 4.90 Å². The van der Waals surface area contributed by atoms with E-state index in [9.17, 15) is 0 Å². The highest BCUT2D eigenvalue weighted by Crippen LogP contribution is 2.52. The molecule has 52 heavy (non-hydrogen) atoms. The van der Waals surface area contributed by atoms with Crippen molar-refractivity contribution in [1.82, 2.24) is 0 Å². The Balaban J connectivity index is 1.35. The molecule has 0 radical (unpaired) electrons. The lowest BCUT2D eigenvalue weighted by molar-refractivity contribution is 0.591. The van der Waals surface area contributed by atoms with Gasteiger partial charge in [-0.05, 0) is 108 Å². The normalized spacial score (nSPS) is 13.2. The molecule has 1 aliphatic rings. The average Bonchev–Trinajstić information content (AvgIpc) is 3.40. The fraction of sp³-hybridized carbons (Fsp3) is 0.137. The molecule has 0 heterocycles. The third-order valence-electron chi connectivity index (χ3n) is 11.2. The van der Waals surface area contributed by atoms with Crippen LogP contribution < -0.4 is 4.90 Å². The number of hydrogen-bond donors (Lipinski definition) is 0. The van der Waals surface area contributed by atoms with Gasteiger partial charge in [0, 0.05) is 22.2 Å². The number of anilines is 3. The first-order valence-corrected chi connectivity index (χ1v) is 18.4. The fourth-order valence-corrected chi connectivity index (χ4v) is 8.47. The second-order valence-corrected chi connectivity index (χ2v) is 15.8. The van der Waals surface area contributed by atoms with Gasteiger partial charge in [0.15, 0.2) is 0 Å². The molecular formula is C51H43N. The summed E-state index contributed by atoms with van der Waals surface area (Å²) in [5.74, 6) is 0. The van der Waals surface area contributed by atoms with Crippen LogP contribution >= 0.6 is 0 Å². The Morgan fingerprint density at radius 1 is 0.423 bits per heavy atom. The molecule has 8 aromatic carbocycles. The van der Waals surface area contributed by atoms with Crippen LogP contribution in [0.2, 0.25) is 0 Å². The van der Waals surface area contributed by atoms with Crippen molar-refractivity contribution in [3.05, 3.63) is 187 Å². The molecule has 1 nitrogen and oxygen atoms in total. The molecule has 252 valence electrons. The third kappa shape index (κ3) is 5.23. The van der Waals surface area contributed by atoms with E-state index in [0.29, 0.717) is 0 Å². The molecule has 0 fully saturated rings. The van der Waals surface area contributed by atoms with Gasteiger partial charge in [-0.3, -0.25) is 0 Å². The number of rotatable bonds is 5. The zero-order valence-electron chi connectivity index (χ0n) is 30.6. The summed E-state index contributed by atoms with van der Waals surface area (Å²) in [6.45, 7) is 11.8. The lowest BCUT2D eigenvalue weighted by Crippen LogP contribution is -2.20. The van der Waals surface area contributed by atoms with Gasteiger partial charge in [0.05, 0.1) is 5.69 Å². The summed E-state index contributed by atoms with van der Waals surface area (Å²) in [5.41, 5.74) is 14.9. The van der Waals surface area contributed by atoms with E-state index in [4.69, 9.17) is 0 Å². The summed E-state index contributed by atoms with van der Waals surface area (Å²) >= 11 is 0. The number of benzene rings is 8. The van der Waals surface area contributed by atoms with E-state index < -0.39 is 0 Å². The minimum atomic E-state index is -0.127. The minimum Gasteiger partial charge on any atom is -0.310 e. The maximum Gasteiger partial charge on any atom is 0.0546 e. The minimum absolute atomic E-state index is 0.117. The molecule has 0 saturated heterocycles. The summed E-state index contributed by atoms with van der Waals surface area (Å²) in [6.07, 6.45) is 0. The van der Waals surface area contributed by atoms with Gasteiger partial charge in [-0.25, -0.2) is 0 Å². The van der Waals surface area contributed by atoms with Gasteiger partial charge in [0.2, 0.25) is 0 Å². The van der Waals surface area contributed by atoms with Crippen molar-refractivity contribution in [2.75, 3.05) is 4.90 Å². The summed E-state index contributed by atoms with van der Waals surface area (Å²) in [4.78, 5) is 2.55. The summed E-state index contributed by atoms with van der Waals surface area (Å²) in [6, 6.07) is 62.9. The van der Waals surface area contributed by atoms with Crippen molar-refractivity contribution in [1.29, 1.82) is 0 Å². The van der Waals surface area contributed by atoms with Crippen LogP contribution in [0.5, 0.6) is 0 Å². The molecule has 0 bridgehead atoms. The predicted octanol–water partition coefficient (Wildman–Crippen LogP) is 14.4. The Labute approximate surface area is 307 Å². The molecule has 0 saturated carbocycles. The lowest BCUT2D eigenvalue weighted by Gasteiger charge is -2.34. The standard InChI is InChI=1S/C51H43N/c1-50(2,3)47-31-37(35-18-10-7-11-19-35)25-29-48(47)52(39-26-28-43-42-21-14-15-23-45(42)51(4,5)46(43)33-39)49-32-38-30-36(34-16-8-6-9-17-34)24-27-40(38)41-20-12-13-22-44(41)49/h6-33H,1-5H3. The largest absolute Gasteiger partial charge is 0.310 e. The Kier molecular flexibility index (Phi) is 7.45. The monoisotopic (exact) mass is 669 g/mol. The third-order valence-corrected chi connectivity index (χ3v) is 11.2. The quantitative estimate of drug-likeness (QED) is 0.165. The van der Waals surface area contributed by atoms with E-state index in [1.54, 1.807) is 0 Å². The van der Waals surface area contributed by atoms with Crippen LogP contribution in [0.3, 0.4) is 0 Å². The average molecular weight is 670 g/mol. The van der Waals surface area contributed by atoms with Gasteiger partial charge in [-0.2, -0.15) is 0 Å². The molecular weight excluding hydrogens is 627 g/mol. The van der Waals surface area contributed by atoms with E-state index in [2.05, 4.69) is 209 Å². The maximum absolute atomic E-state index is 2.55. The van der Waals surface area contributed by atoms with Crippen molar-refractivity contribution in [3.63, 3.8) is 0 Å². The fourth-order valence-electron chi connectivity index (χ4n) is 8.47. The van der Waals surface area contributed by atoms with Crippen LogP contribution in [-0.2, 0) is 10.8 Å². The molecule has 8 aromatic rings. The van der Waals surface area contributed by atoms with Gasteiger partial charge in [-0.1, -0.05) is 168 Å². The molecule has 9 rings (SSSR count). The SMILES string of the molecule is CC(C)(C)c1cc(-c2ccccc2)ccc1N(c1ccc2c(c1)C(C)(C)c1ccccc1-2)c1cc2cc(-c3ccccc3)ccc2c2ccccc12. The van der Waals surface area contributed by atoms with Crippen LogP contribution in [0.25, 0.3) is 54.9 Å². The molecule has 1 heteroatoms. The first-order chi connectivity index (χ1) is 25.2. The Morgan fingerprint density at radius 2 is 1.02 bits per heavy atom. The molecule has 0 aliphatic heterocycles. The highest BCUT2D eigenvalue weighted by molar-refractivity contribution is 6.15. The highest BCUT2D eigenvalue weighted by atomic mass is 15.1. The first kappa shape index (κ1) is 32.0. The van der Waals surface area contributed by atoms with Crippen molar-refractivity contribution in [2.24, 2.45) is 0 Å². The Hall–Kier alpha value is -5.92. The van der Waals surface area contributed by atoms with Gasteiger partial charge in [0.25, 0.3) is 0 Å². The molecule has 0 spiro atoms. The van der Waals surface area contributed by atoms with Gasteiger partial charge in [0.1, 0.15) is 0 Å². The summed E-state index contributed by atoms with van der Waals surface area (Å²) in [5, 5.41) is 4.98. The van der Waals surface area contributed by atoms with Crippen LogP contribution in [-0.4, -0.2) is 0 Å². The predicted molar refractivity (Wildman–Crippen MR) is 223 cm³/mol. The van der Waals surface area contributed by atoms with E-state index in [1.807, 2.05) is 0 Å². The lowest BCUT2D eigenvalue weighted by atomic mass is 9.82. The van der Waals surface area contributed by atoms with Crippen LogP contribution in [0, 0.1) is 0 Å². The summed E-state index contributed by atoms with van der Waals surface area (Å²) < 4.78 is 0. The Bertz CT molecular complexity index is 2620. The first-order valence-electron chi connectivity index (χ1n) is 18.4. The van der Waals surface area contributed by atoms with Gasteiger partial charge in [-0.15, -0.1) is 0 Å². The summed E-state index contributed by atoms with van der Waals surface area (Å²) in [7, 11) is 0. The Morgan fingerprint density at radius 3 is 1.73 bits per heavy atom. The second kappa shape index (κ2) is 12.1. The molecule has 0 amide bonds. The molecule has 1 aliphatic carbocycles. The van der Waals surface area contributed by atoms with E-state index in [0.717, 1.165) is 0 Å². The zero-order valence-corrected chi connectivity index (χ0v) is 30.6. The smallest absolute Gasteiger partial charge is 0.0546 e.